The van der Waals surface area contributed by atoms with Gasteiger partial charge in [-0.2, -0.15) is 18.4 Å². The first-order valence-electron chi connectivity index (χ1n) is 7.63. The maximum atomic E-state index is 14.8. The fourth-order valence-corrected chi connectivity index (χ4v) is 1.96. The second kappa shape index (κ2) is 6.93. The minimum Gasteiger partial charge on any atom is -0.457 e. The average Bonchev–Trinajstić information content (AvgIpc) is 2.60. The monoisotopic (exact) mass is 352 g/mol. The van der Waals surface area contributed by atoms with E-state index in [2.05, 4.69) is 4.74 Å². The number of esters is 1. The number of carbonyl (C=O) groups excluding carboxylic acids is 1. The molecule has 0 aliphatic carbocycles. The van der Waals surface area contributed by atoms with Gasteiger partial charge < -0.3 is 4.74 Å². The molecule has 0 bridgehead atoms. The van der Waals surface area contributed by atoms with Gasteiger partial charge in [-0.25, -0.2) is 9.18 Å². The molecule has 1 unspecified atom stereocenters. The summed E-state index contributed by atoms with van der Waals surface area (Å²) in [5.74, 6) is -1.61. The Morgan fingerprint density at radius 1 is 1.08 bits per heavy atom. The summed E-state index contributed by atoms with van der Waals surface area (Å²) in [5.41, 5.74) is -3.62. The number of rotatable bonds is 4. The van der Waals surface area contributed by atoms with Gasteiger partial charge in [0, 0.05) is 5.56 Å². The molecular weight excluding hydrogens is 338 g/mol. The van der Waals surface area contributed by atoms with Crippen LogP contribution in [0.25, 0.3) is 0 Å². The van der Waals surface area contributed by atoms with E-state index in [1.165, 1.54) is 30.3 Å². The zero-order valence-electron chi connectivity index (χ0n) is 14.0. The Hall–Kier alpha value is -2.88. The Morgan fingerprint density at radius 3 is 2.08 bits per heavy atom. The number of carbonyl (C=O) groups is 1. The fraction of sp³-hybridized carbons (Fsp3) is 0.222. The molecule has 0 N–H and O–H groups in total. The van der Waals surface area contributed by atoms with E-state index in [0.717, 1.165) is 29.8 Å². The second-order valence-electron chi connectivity index (χ2n) is 5.28. The molecule has 0 saturated carbocycles. The predicted molar refractivity (Wildman–Crippen MR) is 80.8 cm³/mol. The van der Waals surface area contributed by atoms with E-state index >= 15 is 0 Å². The molecule has 2 rings (SSSR count). The average molecular weight is 352 g/mol. The molecule has 2 aromatic rings. The lowest BCUT2D eigenvalue weighted by Crippen LogP contribution is -2.31. The summed E-state index contributed by atoms with van der Waals surface area (Å²) >= 11 is 0. The summed E-state index contributed by atoms with van der Waals surface area (Å²) in [7, 11) is 0. The van der Waals surface area contributed by atoms with Crippen LogP contribution in [0.5, 0.6) is 0 Å². The minimum atomic E-state index is -4.55. The van der Waals surface area contributed by atoms with Crippen molar-refractivity contribution in [1.29, 1.82) is 5.26 Å². The Morgan fingerprint density at radius 2 is 1.60 bits per heavy atom. The summed E-state index contributed by atoms with van der Waals surface area (Å²) < 4.78 is 64.8. The highest BCUT2D eigenvalue weighted by molar-refractivity contribution is 5.84. The topological polar surface area (TPSA) is 50.1 Å². The third kappa shape index (κ3) is 4.15. The Bertz CT molecular complexity index is 828. The maximum Gasteiger partial charge on any atom is 0.416 e. The lowest BCUT2D eigenvalue weighted by atomic mass is 9.96. The van der Waals surface area contributed by atoms with Gasteiger partial charge >= 0.3 is 17.8 Å². The summed E-state index contributed by atoms with van der Waals surface area (Å²) in [6, 6.07) is 10.1. The number of nitriles is 1. The van der Waals surface area contributed by atoms with Gasteiger partial charge in [0.2, 0.25) is 0 Å². The van der Waals surface area contributed by atoms with Gasteiger partial charge in [-0.3, -0.25) is 0 Å². The Balaban J connectivity index is 2.19. The summed E-state index contributed by atoms with van der Waals surface area (Å²) in [6.45, 7) is -0.0440. The summed E-state index contributed by atoms with van der Waals surface area (Å²) in [5, 5.41) is 9.08. The van der Waals surface area contributed by atoms with Crippen LogP contribution in [0, 0.1) is 18.3 Å². The van der Waals surface area contributed by atoms with Gasteiger partial charge in [-0.15, -0.1) is 0 Å². The number of ether oxygens (including phenoxy) is 1. The quantitative estimate of drug-likeness (QED) is 0.604. The highest BCUT2D eigenvalue weighted by atomic mass is 19.4. The van der Waals surface area contributed by atoms with E-state index in [1.807, 2.05) is 0 Å². The van der Waals surface area contributed by atoms with Crippen LogP contribution in [0.15, 0.2) is 48.5 Å². The van der Waals surface area contributed by atoms with Crippen molar-refractivity contribution in [3.8, 4) is 6.07 Å². The molecule has 0 amide bonds. The molecule has 0 heterocycles. The van der Waals surface area contributed by atoms with Gasteiger partial charge in [0.1, 0.15) is 12.7 Å². The predicted octanol–water partition coefficient (Wildman–Crippen LogP) is 4.45. The Labute approximate surface area is 142 Å². The second-order valence-corrected chi connectivity index (χ2v) is 5.28. The molecule has 2 aromatic carbocycles. The molecule has 0 saturated heterocycles. The van der Waals surface area contributed by atoms with E-state index in [1.54, 1.807) is 6.92 Å². The molecule has 130 valence electrons. The first-order chi connectivity index (χ1) is 12.1. The van der Waals surface area contributed by atoms with Crippen LogP contribution in [0.3, 0.4) is 0 Å². The van der Waals surface area contributed by atoms with Crippen LogP contribution in [-0.2, 0) is 28.0 Å². The van der Waals surface area contributed by atoms with E-state index in [-0.39, 0.29) is 11.1 Å². The minimum absolute atomic E-state index is 0.0875. The molecule has 7 heteroatoms. The number of halogens is 4. The molecule has 0 spiro atoms. The molecule has 3 nitrogen and oxygen atoms in total. The molecule has 0 radical (unpaired) electrons. The highest BCUT2D eigenvalue weighted by Gasteiger charge is 2.43. The number of hydrogen-bond acceptors (Lipinski definition) is 3. The standard InChI is InChI=1S/C18H13F4NO2/c1-12-2-6-14(7-3-12)17(19,11-23)16(24)25-10-13-4-8-15(9-5-13)18(20,21)22/h2-9H,10H2,1H3/i10D/t10-,17?/m0/s1. The van der Waals surface area contributed by atoms with Crippen molar-refractivity contribution in [2.45, 2.75) is 25.4 Å². The van der Waals surface area contributed by atoms with E-state index in [4.69, 9.17) is 6.63 Å². The van der Waals surface area contributed by atoms with Crippen molar-refractivity contribution in [1.82, 2.24) is 0 Å². The van der Waals surface area contributed by atoms with Crippen LogP contribution < -0.4 is 0 Å². The molecule has 2 atom stereocenters. The van der Waals surface area contributed by atoms with Crippen LogP contribution in [0.4, 0.5) is 17.6 Å². The number of nitrogens with zero attached hydrogens (tertiary/aromatic N) is 1. The van der Waals surface area contributed by atoms with E-state index in [0.29, 0.717) is 0 Å². The number of alkyl halides is 4. The molecule has 25 heavy (non-hydrogen) atoms. The summed E-state index contributed by atoms with van der Waals surface area (Å²) in [6.07, 6.45) is -4.55. The maximum absolute atomic E-state index is 14.8. The molecule has 0 aliphatic rings. The first kappa shape index (κ1) is 17.0. The normalized spacial score (nSPS) is 15.4. The van der Waals surface area contributed by atoms with Crippen LogP contribution in [-0.4, -0.2) is 5.97 Å². The Kier molecular flexibility index (Phi) is 4.70. The van der Waals surface area contributed by atoms with Crippen molar-refractivity contribution in [2.24, 2.45) is 0 Å². The smallest absolute Gasteiger partial charge is 0.416 e. The van der Waals surface area contributed by atoms with Gasteiger partial charge in [-0.05, 0) is 24.6 Å². The van der Waals surface area contributed by atoms with E-state index < -0.39 is 30.0 Å². The van der Waals surface area contributed by atoms with Gasteiger partial charge in [-0.1, -0.05) is 42.0 Å². The van der Waals surface area contributed by atoms with Crippen molar-refractivity contribution in [3.63, 3.8) is 0 Å². The van der Waals surface area contributed by atoms with E-state index in [9.17, 15) is 22.4 Å². The highest BCUT2D eigenvalue weighted by Crippen LogP contribution is 2.30. The van der Waals surface area contributed by atoms with Gasteiger partial charge in [0.25, 0.3) is 0 Å². The van der Waals surface area contributed by atoms with Crippen LogP contribution in [0.2, 0.25) is 0 Å². The fourth-order valence-electron chi connectivity index (χ4n) is 1.96. The first-order valence-corrected chi connectivity index (χ1v) is 7.05. The van der Waals surface area contributed by atoms with Crippen molar-refractivity contribution < 1.29 is 28.5 Å². The number of aryl methyl sites for hydroxylation is 1. The number of hydrogen-bond donors (Lipinski definition) is 0. The van der Waals surface area contributed by atoms with Gasteiger partial charge in [0.15, 0.2) is 0 Å². The van der Waals surface area contributed by atoms with Crippen molar-refractivity contribution >= 4 is 5.97 Å². The lowest BCUT2D eigenvalue weighted by Gasteiger charge is -2.17. The zero-order valence-corrected chi connectivity index (χ0v) is 13.0. The van der Waals surface area contributed by atoms with Gasteiger partial charge in [0.05, 0.1) is 6.93 Å². The zero-order chi connectivity index (χ0) is 19.5. The van der Waals surface area contributed by atoms with Crippen LogP contribution in [0.1, 0.15) is 23.6 Å². The third-order valence-corrected chi connectivity index (χ3v) is 3.42. The number of benzene rings is 2. The molecule has 0 aromatic heterocycles. The third-order valence-electron chi connectivity index (χ3n) is 3.42. The molecular formula is C18H13F4NO2. The van der Waals surface area contributed by atoms with Crippen molar-refractivity contribution in [2.75, 3.05) is 0 Å². The lowest BCUT2D eigenvalue weighted by molar-refractivity contribution is -0.156. The van der Waals surface area contributed by atoms with Crippen molar-refractivity contribution in [3.05, 3.63) is 70.8 Å². The van der Waals surface area contributed by atoms with Crippen LogP contribution >= 0.6 is 0 Å². The molecule has 0 fully saturated rings. The largest absolute Gasteiger partial charge is 0.457 e. The summed E-state index contributed by atoms with van der Waals surface area (Å²) in [4.78, 5) is 12.1. The SMILES string of the molecule is [2H][C@H](OC(=O)C(F)(C#N)c1ccc(C)cc1)c1ccc(C(F)(F)F)cc1. The molecule has 0 aliphatic heterocycles.